The Balaban J connectivity index is 1.58. The van der Waals surface area contributed by atoms with Crippen molar-refractivity contribution >= 4 is 39.1 Å². The first-order valence-electron chi connectivity index (χ1n) is 9.53. The first-order chi connectivity index (χ1) is 14.2. The van der Waals surface area contributed by atoms with E-state index in [1.165, 1.54) is 23.1 Å². The van der Waals surface area contributed by atoms with E-state index in [-0.39, 0.29) is 17.1 Å². The number of hydrogen-bond donors (Lipinski definition) is 0. The Morgan fingerprint density at radius 3 is 2.45 bits per heavy atom. The number of hydrogen-bond acceptors (Lipinski definition) is 5. The summed E-state index contributed by atoms with van der Waals surface area (Å²) in [4.78, 5) is 31.7. The van der Waals surface area contributed by atoms with Crippen LogP contribution >= 0.6 is 23.1 Å². The SMILES string of the molecule is O=C(CSc1nc2scc(C3CC3)c2c(=O)n1-c1ccccc1)c1ccccc1. The van der Waals surface area contributed by atoms with Gasteiger partial charge in [-0.25, -0.2) is 4.98 Å². The van der Waals surface area contributed by atoms with Crippen molar-refractivity contribution in [1.82, 2.24) is 9.55 Å². The van der Waals surface area contributed by atoms with E-state index in [1.54, 1.807) is 4.57 Å². The van der Waals surface area contributed by atoms with Crippen LogP contribution in [0.15, 0.2) is 76.0 Å². The minimum absolute atomic E-state index is 0.0226. The van der Waals surface area contributed by atoms with E-state index in [9.17, 15) is 9.59 Å². The van der Waals surface area contributed by atoms with Crippen molar-refractivity contribution in [3.05, 3.63) is 87.5 Å². The Morgan fingerprint density at radius 2 is 1.76 bits per heavy atom. The van der Waals surface area contributed by atoms with Crippen molar-refractivity contribution in [3.8, 4) is 5.69 Å². The second-order valence-corrected chi connectivity index (χ2v) is 8.89. The van der Waals surface area contributed by atoms with Crippen molar-refractivity contribution in [3.63, 3.8) is 0 Å². The lowest BCUT2D eigenvalue weighted by Crippen LogP contribution is -2.22. The molecule has 0 bridgehead atoms. The normalized spacial score (nSPS) is 13.7. The highest BCUT2D eigenvalue weighted by atomic mass is 32.2. The van der Waals surface area contributed by atoms with Gasteiger partial charge >= 0.3 is 0 Å². The summed E-state index contributed by atoms with van der Waals surface area (Å²) in [7, 11) is 0. The highest BCUT2D eigenvalue weighted by molar-refractivity contribution is 7.99. The van der Waals surface area contributed by atoms with Gasteiger partial charge in [-0.05, 0) is 41.8 Å². The maximum absolute atomic E-state index is 13.5. The van der Waals surface area contributed by atoms with Gasteiger partial charge in [0, 0.05) is 5.56 Å². The molecule has 2 aromatic carbocycles. The summed E-state index contributed by atoms with van der Waals surface area (Å²) in [5.41, 5.74) is 2.53. The van der Waals surface area contributed by atoms with Crippen LogP contribution in [0.25, 0.3) is 15.9 Å². The lowest BCUT2D eigenvalue weighted by molar-refractivity contribution is 0.102. The first-order valence-corrected chi connectivity index (χ1v) is 11.4. The van der Waals surface area contributed by atoms with Crippen molar-refractivity contribution in [2.45, 2.75) is 23.9 Å². The maximum atomic E-state index is 13.5. The summed E-state index contributed by atoms with van der Waals surface area (Å²) in [6.45, 7) is 0. The molecule has 1 fully saturated rings. The summed E-state index contributed by atoms with van der Waals surface area (Å²) in [6, 6.07) is 18.8. The molecule has 1 aliphatic rings. The van der Waals surface area contributed by atoms with E-state index >= 15 is 0 Å². The van der Waals surface area contributed by atoms with E-state index < -0.39 is 0 Å². The number of fused-ring (bicyclic) bond motifs is 1. The molecular formula is C23H18N2O2S2. The third kappa shape index (κ3) is 3.54. The molecule has 4 aromatic rings. The van der Waals surface area contributed by atoms with Crippen molar-refractivity contribution < 1.29 is 4.79 Å². The Labute approximate surface area is 176 Å². The van der Waals surface area contributed by atoms with Gasteiger partial charge in [-0.2, -0.15) is 0 Å². The Bertz CT molecular complexity index is 1240. The standard InChI is InChI=1S/C23H18N2O2S2/c26-19(16-7-3-1-4-8-16)14-29-23-24-21-20(18(13-28-21)15-11-12-15)22(27)25(23)17-9-5-2-6-10-17/h1-10,13,15H,11-12,14H2. The minimum Gasteiger partial charge on any atom is -0.293 e. The maximum Gasteiger partial charge on any atom is 0.267 e. The molecule has 2 aromatic heterocycles. The fourth-order valence-corrected chi connectivity index (χ4v) is 5.40. The molecule has 2 heterocycles. The zero-order chi connectivity index (χ0) is 19.8. The van der Waals surface area contributed by atoms with Crippen molar-refractivity contribution in [1.29, 1.82) is 0 Å². The monoisotopic (exact) mass is 418 g/mol. The van der Waals surface area contributed by atoms with Crippen LogP contribution in [-0.4, -0.2) is 21.1 Å². The summed E-state index contributed by atoms with van der Waals surface area (Å²) < 4.78 is 1.66. The predicted octanol–water partition coefficient (Wildman–Crippen LogP) is 5.30. The fraction of sp³-hybridized carbons (Fsp3) is 0.174. The largest absolute Gasteiger partial charge is 0.293 e. The third-order valence-electron chi connectivity index (χ3n) is 5.07. The zero-order valence-electron chi connectivity index (χ0n) is 15.6. The molecule has 1 saturated carbocycles. The Kier molecular flexibility index (Phi) is 4.81. The van der Waals surface area contributed by atoms with Gasteiger partial charge in [0.05, 0.1) is 16.8 Å². The number of benzene rings is 2. The van der Waals surface area contributed by atoms with Crippen LogP contribution in [0, 0.1) is 0 Å². The van der Waals surface area contributed by atoms with Gasteiger partial charge < -0.3 is 0 Å². The molecule has 0 radical (unpaired) electrons. The van der Waals surface area contributed by atoms with Gasteiger partial charge in [-0.15, -0.1) is 11.3 Å². The van der Waals surface area contributed by atoms with Crippen LogP contribution in [0.5, 0.6) is 0 Å². The second-order valence-electron chi connectivity index (χ2n) is 7.09. The predicted molar refractivity (Wildman–Crippen MR) is 119 cm³/mol. The van der Waals surface area contributed by atoms with E-state index in [4.69, 9.17) is 4.98 Å². The van der Waals surface area contributed by atoms with Gasteiger partial charge in [-0.1, -0.05) is 60.3 Å². The molecule has 29 heavy (non-hydrogen) atoms. The van der Waals surface area contributed by atoms with Crippen LogP contribution in [0.2, 0.25) is 0 Å². The molecule has 6 heteroatoms. The number of ketones is 1. The molecule has 0 saturated heterocycles. The molecule has 0 atom stereocenters. The summed E-state index contributed by atoms with van der Waals surface area (Å²) in [6.07, 6.45) is 2.28. The molecule has 0 aliphatic heterocycles. The Hall–Kier alpha value is -2.70. The van der Waals surface area contributed by atoms with Crippen LogP contribution in [0.1, 0.15) is 34.7 Å². The summed E-state index contributed by atoms with van der Waals surface area (Å²) in [5.74, 6) is 0.741. The smallest absolute Gasteiger partial charge is 0.267 e. The van der Waals surface area contributed by atoms with E-state index in [0.29, 0.717) is 16.6 Å². The number of rotatable bonds is 6. The van der Waals surface area contributed by atoms with Gasteiger partial charge in [0.1, 0.15) is 4.83 Å². The van der Waals surface area contributed by atoms with Crippen molar-refractivity contribution in [2.24, 2.45) is 0 Å². The molecule has 4 nitrogen and oxygen atoms in total. The van der Waals surface area contributed by atoms with E-state index in [2.05, 4.69) is 5.38 Å². The van der Waals surface area contributed by atoms with Crippen LogP contribution < -0.4 is 5.56 Å². The highest BCUT2D eigenvalue weighted by Crippen LogP contribution is 2.44. The number of aromatic nitrogens is 2. The van der Waals surface area contributed by atoms with Crippen LogP contribution in [-0.2, 0) is 0 Å². The summed E-state index contributed by atoms with van der Waals surface area (Å²) >= 11 is 2.84. The zero-order valence-corrected chi connectivity index (χ0v) is 17.2. The minimum atomic E-state index is -0.0426. The Morgan fingerprint density at radius 1 is 1.07 bits per heavy atom. The van der Waals surface area contributed by atoms with Gasteiger partial charge in [0.25, 0.3) is 5.56 Å². The quantitative estimate of drug-likeness (QED) is 0.242. The lowest BCUT2D eigenvalue weighted by atomic mass is 10.1. The molecule has 0 N–H and O–H groups in total. The number of Topliss-reactive ketones (excluding diaryl/α,β-unsaturated/α-hetero) is 1. The lowest BCUT2D eigenvalue weighted by Gasteiger charge is -2.12. The van der Waals surface area contributed by atoms with Crippen LogP contribution in [0.3, 0.4) is 0 Å². The number of nitrogens with zero attached hydrogens (tertiary/aromatic N) is 2. The van der Waals surface area contributed by atoms with E-state index in [1.807, 2.05) is 60.7 Å². The average molecular weight is 419 g/mol. The number of thiophene rings is 1. The first kappa shape index (κ1) is 18.3. The van der Waals surface area contributed by atoms with Crippen LogP contribution in [0.4, 0.5) is 0 Å². The summed E-state index contributed by atoms with van der Waals surface area (Å²) in [5, 5.41) is 3.37. The topological polar surface area (TPSA) is 52.0 Å². The third-order valence-corrected chi connectivity index (χ3v) is 6.89. The highest BCUT2D eigenvalue weighted by Gasteiger charge is 2.29. The molecule has 5 rings (SSSR count). The number of thioether (sulfide) groups is 1. The molecule has 1 aliphatic carbocycles. The van der Waals surface area contributed by atoms with Gasteiger partial charge in [0.15, 0.2) is 10.9 Å². The fourth-order valence-electron chi connectivity index (χ4n) is 3.43. The molecule has 0 unspecified atom stereocenters. The van der Waals surface area contributed by atoms with Gasteiger partial charge in [0.2, 0.25) is 0 Å². The van der Waals surface area contributed by atoms with Crippen molar-refractivity contribution in [2.75, 3.05) is 5.75 Å². The number of carbonyl (C=O) groups is 1. The van der Waals surface area contributed by atoms with Gasteiger partial charge in [-0.3, -0.25) is 14.2 Å². The van der Waals surface area contributed by atoms with E-state index in [0.717, 1.165) is 34.3 Å². The second kappa shape index (κ2) is 7.61. The number of carbonyl (C=O) groups excluding carboxylic acids is 1. The molecule has 0 spiro atoms. The average Bonchev–Trinajstić information content (AvgIpc) is 3.52. The molecule has 144 valence electrons. The molecule has 0 amide bonds. The molecular weight excluding hydrogens is 400 g/mol. The number of para-hydroxylation sites is 1.